The van der Waals surface area contributed by atoms with Crippen molar-refractivity contribution in [3.05, 3.63) is 47.5 Å². The highest BCUT2D eigenvalue weighted by molar-refractivity contribution is 6.31. The molecule has 30 heavy (non-hydrogen) atoms. The molecule has 154 valence electrons. The van der Waals surface area contributed by atoms with Crippen LogP contribution in [-0.4, -0.2) is 22.5 Å². The number of carbonyl (C=O) groups excluding carboxylic acids is 1. The summed E-state index contributed by atoms with van der Waals surface area (Å²) in [5, 5.41) is 6.60. The van der Waals surface area contributed by atoms with Crippen LogP contribution in [0.4, 0.5) is 21.6 Å². The number of hydrogen-bond acceptors (Lipinski definition) is 5. The van der Waals surface area contributed by atoms with E-state index in [1.165, 1.54) is 18.5 Å². The Morgan fingerprint density at radius 3 is 2.87 bits per heavy atom. The molecule has 1 heterocycles. The summed E-state index contributed by atoms with van der Waals surface area (Å²) < 4.78 is 19.0. The maximum atomic E-state index is 13.4. The van der Waals surface area contributed by atoms with Gasteiger partial charge in [-0.3, -0.25) is 4.79 Å². The fourth-order valence-corrected chi connectivity index (χ4v) is 2.96. The second-order valence-corrected chi connectivity index (χ2v) is 6.89. The van der Waals surface area contributed by atoms with Crippen LogP contribution in [0, 0.1) is 18.2 Å². The van der Waals surface area contributed by atoms with Gasteiger partial charge in [0.25, 0.3) is 0 Å². The van der Waals surface area contributed by atoms with Crippen molar-refractivity contribution in [3.8, 4) is 18.1 Å². The number of nitrogens with zero attached hydrogens (tertiary/aromatic N) is 2. The molecule has 0 saturated heterocycles. The number of halogens is 2. The zero-order chi connectivity index (χ0) is 21.5. The molecule has 0 unspecified atom stereocenters. The molecule has 0 aliphatic rings. The van der Waals surface area contributed by atoms with E-state index < -0.39 is 5.82 Å². The van der Waals surface area contributed by atoms with E-state index in [9.17, 15) is 9.18 Å². The Balaban J connectivity index is 2.00. The van der Waals surface area contributed by atoms with Crippen molar-refractivity contribution >= 4 is 45.6 Å². The highest BCUT2D eigenvalue weighted by atomic mass is 35.5. The molecule has 3 aromatic rings. The highest BCUT2D eigenvalue weighted by Gasteiger charge is 2.14. The van der Waals surface area contributed by atoms with E-state index in [-0.39, 0.29) is 17.5 Å². The molecule has 1 aromatic heterocycles. The number of carbonyl (C=O) groups is 1. The van der Waals surface area contributed by atoms with Crippen LogP contribution in [-0.2, 0) is 4.79 Å². The molecule has 0 spiro atoms. The zero-order valence-electron chi connectivity index (χ0n) is 16.3. The number of aromatic nitrogens is 2. The van der Waals surface area contributed by atoms with Crippen molar-refractivity contribution in [2.24, 2.45) is 0 Å². The number of fused-ring (bicyclic) bond motifs is 1. The van der Waals surface area contributed by atoms with Crippen molar-refractivity contribution in [2.75, 3.05) is 17.2 Å². The Morgan fingerprint density at radius 2 is 2.13 bits per heavy atom. The van der Waals surface area contributed by atoms with Crippen LogP contribution in [0.15, 0.2) is 36.7 Å². The normalized spacial score (nSPS) is 10.5. The molecule has 0 fully saturated rings. The van der Waals surface area contributed by atoms with Gasteiger partial charge in [0, 0.05) is 23.6 Å². The van der Waals surface area contributed by atoms with Gasteiger partial charge in [0.05, 0.1) is 16.2 Å². The molecular formula is C22H20ClFN4O2. The third-order valence-electron chi connectivity index (χ3n) is 4.26. The molecular weight excluding hydrogens is 407 g/mol. The average molecular weight is 427 g/mol. The van der Waals surface area contributed by atoms with E-state index >= 15 is 0 Å². The summed E-state index contributed by atoms with van der Waals surface area (Å²) in [6, 6.07) is 7.68. The van der Waals surface area contributed by atoms with Gasteiger partial charge in [0.1, 0.15) is 30.3 Å². The second kappa shape index (κ2) is 9.90. The van der Waals surface area contributed by atoms with E-state index in [4.69, 9.17) is 22.8 Å². The van der Waals surface area contributed by atoms with Gasteiger partial charge in [-0.25, -0.2) is 14.4 Å². The zero-order valence-corrected chi connectivity index (χ0v) is 17.1. The summed E-state index contributed by atoms with van der Waals surface area (Å²) >= 11 is 5.86. The van der Waals surface area contributed by atoms with Crippen LogP contribution in [0.2, 0.25) is 5.02 Å². The molecule has 2 aromatic carbocycles. The molecule has 2 N–H and O–H groups in total. The number of nitrogens with one attached hydrogen (secondary N) is 2. The molecule has 0 radical (unpaired) electrons. The lowest BCUT2D eigenvalue weighted by molar-refractivity contribution is -0.116. The first-order valence-electron chi connectivity index (χ1n) is 9.38. The number of anilines is 3. The number of unbranched alkanes of at least 4 members (excludes halogenated alkanes) is 1. The van der Waals surface area contributed by atoms with Gasteiger partial charge < -0.3 is 15.4 Å². The minimum atomic E-state index is -0.512. The first-order valence-corrected chi connectivity index (χ1v) is 9.76. The number of benzene rings is 2. The first-order chi connectivity index (χ1) is 14.5. The molecule has 8 heteroatoms. The van der Waals surface area contributed by atoms with Gasteiger partial charge in [0.15, 0.2) is 0 Å². The number of hydrogen-bond donors (Lipinski definition) is 2. The molecule has 1 amide bonds. The molecule has 3 rings (SSSR count). The fraction of sp³-hybridized carbons (Fsp3) is 0.227. The van der Waals surface area contributed by atoms with Gasteiger partial charge in [-0.15, -0.1) is 6.42 Å². The standard InChI is InChI=1S/C22H20ClFN4O2/c1-3-5-6-21(29)28-19-11-15-18(12-20(19)30-9-4-2)25-13-26-22(15)27-14-7-8-17(24)16(23)10-14/h2,7-8,10-13H,3,5-6,9H2,1H3,(H,28,29)(H,25,26,27). The van der Waals surface area contributed by atoms with Crippen molar-refractivity contribution in [1.82, 2.24) is 9.97 Å². The summed E-state index contributed by atoms with van der Waals surface area (Å²) in [4.78, 5) is 20.8. The quantitative estimate of drug-likeness (QED) is 0.477. The van der Waals surface area contributed by atoms with Gasteiger partial charge in [-0.05, 0) is 30.7 Å². The van der Waals surface area contributed by atoms with Crippen LogP contribution in [0.1, 0.15) is 26.2 Å². The summed E-state index contributed by atoms with van der Waals surface area (Å²) in [6.07, 6.45) is 8.78. The molecule has 0 atom stereocenters. The third kappa shape index (κ3) is 5.16. The maximum absolute atomic E-state index is 13.4. The highest BCUT2D eigenvalue weighted by Crippen LogP contribution is 2.34. The number of terminal acetylenes is 1. The maximum Gasteiger partial charge on any atom is 0.224 e. The van der Waals surface area contributed by atoms with E-state index in [0.717, 1.165) is 12.8 Å². The Morgan fingerprint density at radius 1 is 1.30 bits per heavy atom. The summed E-state index contributed by atoms with van der Waals surface area (Å²) in [5.74, 6) is 2.66. The SMILES string of the molecule is C#CCOc1cc2ncnc(Nc3ccc(F)c(Cl)c3)c2cc1NC(=O)CCCC. The van der Waals surface area contributed by atoms with Crippen LogP contribution < -0.4 is 15.4 Å². The number of ether oxygens (including phenoxy) is 1. The lowest BCUT2D eigenvalue weighted by Gasteiger charge is -2.14. The van der Waals surface area contributed by atoms with Gasteiger partial charge in [-0.1, -0.05) is 30.9 Å². The minimum Gasteiger partial charge on any atom is -0.479 e. The Labute approximate surface area is 178 Å². The van der Waals surface area contributed by atoms with Crippen molar-refractivity contribution in [3.63, 3.8) is 0 Å². The van der Waals surface area contributed by atoms with E-state index in [1.54, 1.807) is 18.2 Å². The van der Waals surface area contributed by atoms with Crippen molar-refractivity contribution in [2.45, 2.75) is 26.2 Å². The summed E-state index contributed by atoms with van der Waals surface area (Å²) in [7, 11) is 0. The average Bonchev–Trinajstić information content (AvgIpc) is 2.73. The molecule has 0 aliphatic heterocycles. The van der Waals surface area contributed by atoms with E-state index in [1.807, 2.05) is 6.92 Å². The lowest BCUT2D eigenvalue weighted by Crippen LogP contribution is -2.12. The fourth-order valence-electron chi connectivity index (χ4n) is 2.78. The van der Waals surface area contributed by atoms with E-state index in [2.05, 4.69) is 26.5 Å². The minimum absolute atomic E-state index is 0.00721. The van der Waals surface area contributed by atoms with Gasteiger partial charge >= 0.3 is 0 Å². The Kier molecular flexibility index (Phi) is 7.04. The van der Waals surface area contributed by atoms with Crippen molar-refractivity contribution in [1.29, 1.82) is 0 Å². The smallest absolute Gasteiger partial charge is 0.224 e. The largest absolute Gasteiger partial charge is 0.479 e. The molecule has 0 saturated carbocycles. The summed E-state index contributed by atoms with van der Waals surface area (Å²) in [6.45, 7) is 2.06. The Hall–Kier alpha value is -3.37. The van der Waals surface area contributed by atoms with Crippen LogP contribution in [0.3, 0.4) is 0 Å². The third-order valence-corrected chi connectivity index (χ3v) is 4.55. The van der Waals surface area contributed by atoms with Gasteiger partial charge in [0.2, 0.25) is 5.91 Å². The van der Waals surface area contributed by atoms with Crippen LogP contribution >= 0.6 is 11.6 Å². The van der Waals surface area contributed by atoms with Crippen LogP contribution in [0.25, 0.3) is 10.9 Å². The topological polar surface area (TPSA) is 76.1 Å². The van der Waals surface area contributed by atoms with Crippen LogP contribution in [0.5, 0.6) is 5.75 Å². The lowest BCUT2D eigenvalue weighted by atomic mass is 10.1. The number of amides is 1. The Bertz CT molecular complexity index is 1110. The summed E-state index contributed by atoms with van der Waals surface area (Å²) in [5.41, 5.74) is 1.61. The molecule has 6 nitrogen and oxygen atoms in total. The second-order valence-electron chi connectivity index (χ2n) is 6.49. The van der Waals surface area contributed by atoms with E-state index in [0.29, 0.717) is 40.3 Å². The predicted octanol–water partition coefficient (Wildman–Crippen LogP) is 5.31. The van der Waals surface area contributed by atoms with Gasteiger partial charge in [-0.2, -0.15) is 0 Å². The number of rotatable bonds is 8. The monoisotopic (exact) mass is 426 g/mol. The molecule has 0 bridgehead atoms. The first kappa shape index (κ1) is 21.3. The predicted molar refractivity (Wildman–Crippen MR) is 117 cm³/mol. The van der Waals surface area contributed by atoms with Crippen molar-refractivity contribution < 1.29 is 13.9 Å². The molecule has 0 aliphatic carbocycles.